The number of fused-ring (bicyclic) bond motifs is 2. The zero-order valence-electron chi connectivity index (χ0n) is 28.2. The molecule has 3 heterocycles. The number of rotatable bonds is 5. The predicted molar refractivity (Wildman–Crippen MR) is 175 cm³/mol. The first kappa shape index (κ1) is 33.3. The number of carbonyl (C=O) groups is 3. The smallest absolute Gasteiger partial charge is 0.407 e. The third-order valence-electron chi connectivity index (χ3n) is 13.2. The van der Waals surface area contributed by atoms with Crippen molar-refractivity contribution in [3.63, 3.8) is 0 Å². The molecule has 0 aromatic carbocycles. The summed E-state index contributed by atoms with van der Waals surface area (Å²) in [5, 5.41) is 22.1. The van der Waals surface area contributed by atoms with E-state index in [9.17, 15) is 19.6 Å². The first-order valence-electron chi connectivity index (χ1n) is 18.2. The van der Waals surface area contributed by atoms with Crippen LogP contribution in [0.4, 0.5) is 9.59 Å². The Balaban J connectivity index is 0.000000185. The summed E-state index contributed by atoms with van der Waals surface area (Å²) in [5.41, 5.74) is 6.66. The molecule has 7 rings (SSSR count). The molecule has 11 heteroatoms. The van der Waals surface area contributed by atoms with Crippen LogP contribution in [0.2, 0.25) is 0 Å². The number of hydrogen-bond acceptors (Lipinski definition) is 6. The van der Waals surface area contributed by atoms with Crippen LogP contribution in [-0.2, 0) is 4.79 Å². The van der Waals surface area contributed by atoms with Crippen molar-refractivity contribution in [2.45, 2.75) is 107 Å². The Labute approximate surface area is 275 Å². The van der Waals surface area contributed by atoms with E-state index in [1.807, 2.05) is 19.0 Å². The third kappa shape index (κ3) is 6.58. The maximum atomic E-state index is 12.8. The molecule has 4 aliphatic carbocycles. The quantitative estimate of drug-likeness (QED) is 0.413. The van der Waals surface area contributed by atoms with Gasteiger partial charge in [-0.1, -0.05) is 25.7 Å². The predicted octanol–water partition coefficient (Wildman–Crippen LogP) is 3.94. The van der Waals surface area contributed by atoms with Gasteiger partial charge in [-0.25, -0.2) is 9.59 Å². The molecule has 0 aromatic rings. The van der Waals surface area contributed by atoms with E-state index in [1.54, 1.807) is 14.7 Å². The number of nitrogens with one attached hydrogen (secondary N) is 1. The van der Waals surface area contributed by atoms with E-state index < -0.39 is 6.09 Å². The number of amides is 4. The normalized spacial score (nSPS) is 37.3. The van der Waals surface area contributed by atoms with E-state index in [1.165, 1.54) is 51.4 Å². The Bertz CT molecular complexity index is 1150. The van der Waals surface area contributed by atoms with Crippen LogP contribution in [0.5, 0.6) is 0 Å². The first-order valence-corrected chi connectivity index (χ1v) is 18.2. The molecule has 3 aliphatic heterocycles. The van der Waals surface area contributed by atoms with Gasteiger partial charge in [-0.3, -0.25) is 4.79 Å². The fourth-order valence-corrected chi connectivity index (χ4v) is 11.0. The van der Waals surface area contributed by atoms with Gasteiger partial charge in [-0.2, -0.15) is 5.26 Å². The van der Waals surface area contributed by atoms with E-state index in [0.29, 0.717) is 61.7 Å². The van der Waals surface area contributed by atoms with Crippen molar-refractivity contribution < 1.29 is 19.5 Å². The molecule has 4 N–H and O–H groups in total. The lowest BCUT2D eigenvalue weighted by molar-refractivity contribution is -0.130. The van der Waals surface area contributed by atoms with Crippen molar-refractivity contribution in [2.24, 2.45) is 41.2 Å². The number of carboxylic acid groups (broad SMARTS) is 1. The van der Waals surface area contributed by atoms with Crippen molar-refractivity contribution in [3.05, 3.63) is 0 Å². The largest absolute Gasteiger partial charge is 0.465 e. The number of likely N-dealkylation sites (tertiary alicyclic amines) is 3. The van der Waals surface area contributed by atoms with Crippen LogP contribution in [0.15, 0.2) is 0 Å². The summed E-state index contributed by atoms with van der Waals surface area (Å²) in [6, 6.07) is 2.15. The molecule has 4 amide bonds. The second kappa shape index (κ2) is 13.5. The maximum Gasteiger partial charge on any atom is 0.407 e. The van der Waals surface area contributed by atoms with Crippen LogP contribution < -0.4 is 11.1 Å². The highest BCUT2D eigenvalue weighted by molar-refractivity contribution is 5.79. The fourth-order valence-electron chi connectivity index (χ4n) is 11.0. The number of nitrogens with two attached hydrogens (primary N) is 1. The van der Waals surface area contributed by atoms with Gasteiger partial charge in [0.15, 0.2) is 0 Å². The highest BCUT2D eigenvalue weighted by Gasteiger charge is 2.54. The Hall–Kier alpha value is -2.58. The maximum absolute atomic E-state index is 12.8. The molecule has 3 saturated heterocycles. The van der Waals surface area contributed by atoms with Crippen molar-refractivity contribution in [1.29, 1.82) is 5.26 Å². The van der Waals surface area contributed by atoms with Gasteiger partial charge in [-0.05, 0) is 99.7 Å². The van der Waals surface area contributed by atoms with E-state index in [-0.39, 0.29) is 29.1 Å². The summed E-state index contributed by atoms with van der Waals surface area (Å²) in [7, 11) is 3.64. The molecular weight excluding hydrogens is 582 g/mol. The molecule has 4 saturated carbocycles. The fraction of sp³-hybridized carbons (Fsp3) is 0.886. The molecule has 5 unspecified atom stereocenters. The van der Waals surface area contributed by atoms with Gasteiger partial charge >= 0.3 is 12.1 Å². The number of urea groups is 1. The van der Waals surface area contributed by atoms with Crippen molar-refractivity contribution in [3.8, 4) is 6.07 Å². The molecule has 0 spiro atoms. The van der Waals surface area contributed by atoms with Crippen LogP contribution in [0.1, 0.15) is 89.9 Å². The Morgan fingerprint density at radius 2 is 1.35 bits per heavy atom. The van der Waals surface area contributed by atoms with Gasteiger partial charge in [0.1, 0.15) is 6.04 Å². The molecule has 256 valence electrons. The first-order chi connectivity index (χ1) is 22.0. The van der Waals surface area contributed by atoms with Crippen molar-refractivity contribution in [1.82, 2.24) is 24.9 Å². The van der Waals surface area contributed by atoms with Crippen LogP contribution in [0, 0.1) is 46.8 Å². The average molecular weight is 640 g/mol. The van der Waals surface area contributed by atoms with E-state index in [0.717, 1.165) is 51.6 Å². The molecule has 46 heavy (non-hydrogen) atoms. The van der Waals surface area contributed by atoms with E-state index in [4.69, 9.17) is 10.8 Å². The summed E-state index contributed by atoms with van der Waals surface area (Å²) in [6.07, 6.45) is 15.5. The van der Waals surface area contributed by atoms with Gasteiger partial charge < -0.3 is 35.8 Å². The molecule has 5 atom stereocenters. The van der Waals surface area contributed by atoms with Crippen LogP contribution in [0.25, 0.3) is 0 Å². The van der Waals surface area contributed by atoms with Gasteiger partial charge in [0.05, 0.1) is 12.6 Å². The van der Waals surface area contributed by atoms with Crippen LogP contribution >= 0.6 is 0 Å². The minimum atomic E-state index is -0.761. The molecule has 0 aromatic heterocycles. The van der Waals surface area contributed by atoms with E-state index in [2.05, 4.69) is 11.4 Å². The van der Waals surface area contributed by atoms with Crippen LogP contribution in [0.3, 0.4) is 0 Å². The highest BCUT2D eigenvalue weighted by atomic mass is 16.4. The van der Waals surface area contributed by atoms with E-state index >= 15 is 0 Å². The molecule has 11 nitrogen and oxygen atoms in total. The standard InChI is InChI=1S/C22H35N5O2.C13H22N2O2/c1-25(2)21(29)26-14-16-10-22(11-17(16)15-26,18-6-3-4-7-18)24-13-20(28)27-9-5-8-19(27)12-23;14-13(11-3-1-2-4-11)5-9-7-15(12(16)17)8-10(9)6-13/h16-19,24H,3-11,13-15H2,1-2H3;9-11H,1-8,14H2,(H,16,17). The SMILES string of the molecule is CN(C)C(=O)N1CC2CC(NCC(=O)N3CCCC3C#N)(C3CCCC3)CC2C1.NC1(C2CCCC2)CC2CN(C(=O)O)CC2C1. The minimum Gasteiger partial charge on any atom is -0.465 e. The third-order valence-corrected chi connectivity index (χ3v) is 13.2. The molecule has 0 radical (unpaired) electrons. The average Bonchev–Trinajstić information content (AvgIpc) is 3.86. The highest BCUT2D eigenvalue weighted by Crippen LogP contribution is 2.52. The lowest BCUT2D eigenvalue weighted by Crippen LogP contribution is -2.54. The number of nitrogens with zero attached hydrogens (tertiary/aromatic N) is 5. The Morgan fingerprint density at radius 3 is 1.87 bits per heavy atom. The summed E-state index contributed by atoms with van der Waals surface area (Å²) in [6.45, 7) is 4.16. The summed E-state index contributed by atoms with van der Waals surface area (Å²) >= 11 is 0. The molecule has 7 aliphatic rings. The number of carbonyl (C=O) groups excluding carboxylic acids is 2. The Morgan fingerprint density at radius 1 is 0.826 bits per heavy atom. The second-order valence-electron chi connectivity index (χ2n) is 16.2. The zero-order valence-corrected chi connectivity index (χ0v) is 28.2. The monoisotopic (exact) mass is 639 g/mol. The molecule has 7 fully saturated rings. The number of nitriles is 1. The summed E-state index contributed by atoms with van der Waals surface area (Å²) < 4.78 is 0. The van der Waals surface area contributed by atoms with Crippen LogP contribution in [-0.4, -0.2) is 113 Å². The Kier molecular flexibility index (Phi) is 9.78. The topological polar surface area (TPSA) is 146 Å². The van der Waals surface area contributed by atoms with Crippen molar-refractivity contribution in [2.75, 3.05) is 53.4 Å². The second-order valence-corrected chi connectivity index (χ2v) is 16.2. The minimum absolute atomic E-state index is 0.0242. The molecular formula is C35H57N7O4. The lowest BCUT2D eigenvalue weighted by atomic mass is 9.79. The number of hydrogen-bond donors (Lipinski definition) is 3. The zero-order chi connectivity index (χ0) is 32.6. The van der Waals surface area contributed by atoms with Gasteiger partial charge in [-0.15, -0.1) is 0 Å². The van der Waals surface area contributed by atoms with Gasteiger partial charge in [0, 0.05) is 57.9 Å². The summed E-state index contributed by atoms with van der Waals surface area (Å²) in [5.74, 6) is 3.51. The van der Waals surface area contributed by atoms with Crippen molar-refractivity contribution >= 4 is 18.0 Å². The molecule has 0 bridgehead atoms. The van der Waals surface area contributed by atoms with Gasteiger partial charge in [0.2, 0.25) is 5.91 Å². The summed E-state index contributed by atoms with van der Waals surface area (Å²) in [4.78, 5) is 43.2. The van der Waals surface area contributed by atoms with Gasteiger partial charge in [0.25, 0.3) is 0 Å². The lowest BCUT2D eigenvalue weighted by Gasteiger charge is -2.39.